The van der Waals surface area contributed by atoms with Crippen molar-refractivity contribution in [3.63, 3.8) is 0 Å². The molecule has 1 aliphatic heterocycles. The highest BCUT2D eigenvalue weighted by Crippen LogP contribution is 2.55. The number of nitrogens with zero attached hydrogens (tertiary/aromatic N) is 5. The Morgan fingerprint density at radius 3 is 2.75 bits per heavy atom. The second kappa shape index (κ2) is 7.43. The molecule has 7 rings (SSSR count). The van der Waals surface area contributed by atoms with Crippen LogP contribution in [0.5, 0.6) is 0 Å². The molecule has 3 atom stereocenters. The third kappa shape index (κ3) is 3.43. The first-order valence-corrected chi connectivity index (χ1v) is 11.8. The molecule has 3 heterocycles. The number of H-pyrrole nitrogens is 1. The van der Waals surface area contributed by atoms with Crippen LogP contribution in [0.2, 0.25) is 0 Å². The van der Waals surface area contributed by atoms with Gasteiger partial charge in [-0.2, -0.15) is 5.10 Å². The van der Waals surface area contributed by atoms with Gasteiger partial charge in [-0.05, 0) is 62.8 Å². The lowest BCUT2D eigenvalue weighted by Crippen LogP contribution is -2.61. The van der Waals surface area contributed by atoms with E-state index in [0.717, 1.165) is 57.4 Å². The summed E-state index contributed by atoms with van der Waals surface area (Å²) in [4.78, 5) is 26.7. The van der Waals surface area contributed by atoms with E-state index in [4.69, 9.17) is 0 Å². The Labute approximate surface area is 187 Å². The lowest BCUT2D eigenvalue weighted by molar-refractivity contribution is -0.136. The van der Waals surface area contributed by atoms with Gasteiger partial charge in [0, 0.05) is 44.1 Å². The molecule has 1 saturated heterocycles. The van der Waals surface area contributed by atoms with E-state index >= 15 is 0 Å². The van der Waals surface area contributed by atoms with Crippen molar-refractivity contribution in [3.8, 4) is 0 Å². The van der Waals surface area contributed by atoms with Crippen molar-refractivity contribution in [2.45, 2.75) is 56.7 Å². The summed E-state index contributed by atoms with van der Waals surface area (Å²) in [5.41, 5.74) is 1.02. The number of aromatic nitrogens is 4. The molecule has 4 aliphatic carbocycles. The van der Waals surface area contributed by atoms with Gasteiger partial charge in [0.05, 0.1) is 17.5 Å². The molecular weight excluding hydrogens is 406 g/mol. The van der Waals surface area contributed by atoms with Gasteiger partial charge in [-0.15, -0.1) is 0 Å². The van der Waals surface area contributed by atoms with Crippen molar-refractivity contribution < 1.29 is 9.90 Å². The number of rotatable bonds is 4. The molecule has 9 heteroatoms. The molecule has 170 valence electrons. The number of hydrogen-bond donors (Lipinski definition) is 3. The molecule has 0 spiro atoms. The predicted octanol–water partition coefficient (Wildman–Crippen LogP) is 1.58. The molecule has 5 fully saturated rings. The van der Waals surface area contributed by atoms with Crippen LogP contribution in [-0.4, -0.2) is 68.5 Å². The number of amides is 1. The Kier molecular flexibility index (Phi) is 4.64. The Bertz CT molecular complexity index is 980. The monoisotopic (exact) mass is 437 g/mol. The maximum absolute atomic E-state index is 13.1. The summed E-state index contributed by atoms with van der Waals surface area (Å²) in [7, 11) is 0. The van der Waals surface area contributed by atoms with E-state index in [-0.39, 0.29) is 18.0 Å². The van der Waals surface area contributed by atoms with Gasteiger partial charge in [-0.3, -0.25) is 9.89 Å². The molecule has 5 aliphatic rings. The summed E-state index contributed by atoms with van der Waals surface area (Å²) in [6.45, 7) is 4.62. The molecule has 0 radical (unpaired) electrons. The zero-order valence-electron chi connectivity index (χ0n) is 18.4. The summed E-state index contributed by atoms with van der Waals surface area (Å²) in [5.74, 6) is 1.87. The molecule has 2 aromatic heterocycles. The van der Waals surface area contributed by atoms with Gasteiger partial charge in [0.1, 0.15) is 5.69 Å². The summed E-state index contributed by atoms with van der Waals surface area (Å²) in [6, 6.07) is 2.06. The topological polar surface area (TPSA) is 110 Å². The maximum atomic E-state index is 13.1. The summed E-state index contributed by atoms with van der Waals surface area (Å²) in [5, 5.41) is 21.0. The highest BCUT2D eigenvalue weighted by atomic mass is 16.3. The molecule has 32 heavy (non-hydrogen) atoms. The van der Waals surface area contributed by atoms with Gasteiger partial charge >= 0.3 is 0 Å². The van der Waals surface area contributed by atoms with Crippen LogP contribution in [0.25, 0.3) is 0 Å². The van der Waals surface area contributed by atoms with Crippen LogP contribution < -0.4 is 15.1 Å². The number of anilines is 2. The van der Waals surface area contributed by atoms with Gasteiger partial charge in [0.2, 0.25) is 5.95 Å². The number of nitrogens with one attached hydrogen (secondary N) is 2. The molecular formula is C23H31N7O2. The Hall–Kier alpha value is -2.68. The van der Waals surface area contributed by atoms with Crippen LogP contribution in [0.4, 0.5) is 11.6 Å². The van der Waals surface area contributed by atoms with Gasteiger partial charge in [0.25, 0.3) is 5.91 Å². The number of aromatic amines is 1. The van der Waals surface area contributed by atoms with Crippen molar-refractivity contribution in [1.29, 1.82) is 0 Å². The van der Waals surface area contributed by atoms with E-state index in [2.05, 4.69) is 42.2 Å². The van der Waals surface area contributed by atoms with Crippen molar-refractivity contribution in [3.05, 3.63) is 30.4 Å². The van der Waals surface area contributed by atoms with E-state index in [1.165, 1.54) is 0 Å². The van der Waals surface area contributed by atoms with Crippen molar-refractivity contribution in [2.75, 3.05) is 29.4 Å². The van der Waals surface area contributed by atoms with Gasteiger partial charge < -0.3 is 20.2 Å². The average molecular weight is 438 g/mol. The number of carbonyl (C=O) groups is 1. The standard InChI is InChI=1S/C23H31N7O2/c1-14-13-29(18-11-25-26-12-18)4-5-30(14)22-24-3-2-19(27-22)21(31)28-20-16-6-15-7-17(20)10-23(32,8-15)9-16/h2-3,11-12,14-17,20,32H,4-10,13H2,1H3,(H,25,26)(H,28,31). The Morgan fingerprint density at radius 1 is 1.25 bits per heavy atom. The number of aliphatic hydroxyl groups is 1. The molecule has 9 nitrogen and oxygen atoms in total. The van der Waals surface area contributed by atoms with E-state index in [9.17, 15) is 9.90 Å². The first-order valence-electron chi connectivity index (χ1n) is 11.8. The summed E-state index contributed by atoms with van der Waals surface area (Å²) < 4.78 is 0. The van der Waals surface area contributed by atoms with Crippen molar-refractivity contribution in [1.82, 2.24) is 25.5 Å². The van der Waals surface area contributed by atoms with Crippen LogP contribution >= 0.6 is 0 Å². The van der Waals surface area contributed by atoms with E-state index in [1.54, 1.807) is 12.3 Å². The molecule has 1 amide bonds. The molecule has 4 saturated carbocycles. The van der Waals surface area contributed by atoms with Crippen LogP contribution in [0, 0.1) is 17.8 Å². The number of hydrogen-bond acceptors (Lipinski definition) is 7. The van der Waals surface area contributed by atoms with Crippen LogP contribution in [0.15, 0.2) is 24.7 Å². The third-order valence-electron chi connectivity index (χ3n) is 8.15. The van der Waals surface area contributed by atoms with E-state index in [0.29, 0.717) is 29.4 Å². The number of carbonyl (C=O) groups excluding carboxylic acids is 1. The van der Waals surface area contributed by atoms with Crippen LogP contribution in [0.3, 0.4) is 0 Å². The largest absolute Gasteiger partial charge is 0.390 e. The molecule has 3 N–H and O–H groups in total. The fourth-order valence-corrected chi connectivity index (χ4v) is 6.96. The zero-order chi connectivity index (χ0) is 21.9. The first kappa shape index (κ1) is 20.0. The summed E-state index contributed by atoms with van der Waals surface area (Å²) in [6.07, 6.45) is 10.3. The smallest absolute Gasteiger partial charge is 0.270 e. The van der Waals surface area contributed by atoms with E-state index in [1.807, 2.05) is 12.4 Å². The minimum Gasteiger partial charge on any atom is -0.390 e. The van der Waals surface area contributed by atoms with Crippen molar-refractivity contribution >= 4 is 17.5 Å². The molecule has 3 unspecified atom stereocenters. The Morgan fingerprint density at radius 2 is 2.06 bits per heavy atom. The highest BCUT2D eigenvalue weighted by molar-refractivity contribution is 5.92. The quantitative estimate of drug-likeness (QED) is 0.666. The minimum atomic E-state index is -0.492. The van der Waals surface area contributed by atoms with Gasteiger partial charge in [0.15, 0.2) is 0 Å². The lowest BCUT2D eigenvalue weighted by atomic mass is 9.52. The average Bonchev–Trinajstić information content (AvgIpc) is 3.30. The minimum absolute atomic E-state index is 0.122. The third-order valence-corrected chi connectivity index (χ3v) is 8.15. The van der Waals surface area contributed by atoms with Gasteiger partial charge in [-0.1, -0.05) is 0 Å². The highest BCUT2D eigenvalue weighted by Gasteiger charge is 2.55. The molecule has 4 bridgehead atoms. The normalized spacial score (nSPS) is 35.9. The summed E-state index contributed by atoms with van der Waals surface area (Å²) >= 11 is 0. The first-order chi connectivity index (χ1) is 15.5. The van der Waals surface area contributed by atoms with Crippen LogP contribution in [0.1, 0.15) is 49.5 Å². The van der Waals surface area contributed by atoms with E-state index < -0.39 is 5.60 Å². The second-order valence-corrected chi connectivity index (χ2v) is 10.4. The zero-order valence-corrected chi connectivity index (χ0v) is 18.4. The fraction of sp³-hybridized carbons (Fsp3) is 0.652. The van der Waals surface area contributed by atoms with Gasteiger partial charge in [-0.25, -0.2) is 9.97 Å². The maximum Gasteiger partial charge on any atom is 0.270 e. The molecule has 2 aromatic rings. The van der Waals surface area contributed by atoms with Crippen LogP contribution in [-0.2, 0) is 0 Å². The SMILES string of the molecule is CC1CN(c2cn[nH]c2)CCN1c1nccc(C(=O)NC2C3CC4CC2CC(O)(C4)C3)n1. The second-order valence-electron chi connectivity index (χ2n) is 10.4. The lowest BCUT2D eigenvalue weighted by Gasteiger charge is -2.58. The Balaban J connectivity index is 1.14. The fourth-order valence-electron chi connectivity index (χ4n) is 6.96. The predicted molar refractivity (Wildman–Crippen MR) is 119 cm³/mol. The van der Waals surface area contributed by atoms with Crippen molar-refractivity contribution in [2.24, 2.45) is 17.8 Å². The number of piperazine rings is 1. The molecule has 0 aromatic carbocycles.